The molecule has 19 heavy (non-hydrogen) atoms. The molecule has 0 heterocycles. The maximum atomic E-state index is 12.8. The van der Waals surface area contributed by atoms with Gasteiger partial charge in [-0.1, -0.05) is 29.8 Å². The Labute approximate surface area is 125 Å². The van der Waals surface area contributed by atoms with Crippen LogP contribution in [0.1, 0.15) is 25.0 Å². The molecule has 2 N–H and O–H groups in total. The molecule has 1 aromatic rings. The maximum Gasteiger partial charge on any atom is 0.418 e. The van der Waals surface area contributed by atoms with Gasteiger partial charge in [-0.3, -0.25) is 4.90 Å². The minimum Gasteiger partial charge on any atom is -0.398 e. The Bertz CT molecular complexity index is 420. The lowest BCUT2D eigenvalue weighted by Crippen LogP contribution is -2.23. The van der Waals surface area contributed by atoms with E-state index in [-0.39, 0.29) is 18.1 Å². The molecule has 0 aliphatic rings. The number of hydrogen-bond acceptors (Lipinski definition) is 2. The number of nitrogen functional groups attached to an aromatic ring is 1. The van der Waals surface area contributed by atoms with Crippen LogP contribution in [0.4, 0.5) is 18.9 Å². The summed E-state index contributed by atoms with van der Waals surface area (Å²) >= 11 is 3.10. The molecule has 110 valence electrons. The number of rotatable bonds is 4. The summed E-state index contributed by atoms with van der Waals surface area (Å²) in [5.74, 6) is 0. The smallest absolute Gasteiger partial charge is 0.398 e. The predicted octanol–water partition coefficient (Wildman–Crippen LogP) is 4.31. The molecule has 0 spiro atoms. The molecule has 0 aromatic heterocycles. The summed E-state index contributed by atoms with van der Waals surface area (Å²) < 4.78 is 38.8. The number of halogens is 5. The highest BCUT2D eigenvalue weighted by Crippen LogP contribution is 2.37. The van der Waals surface area contributed by atoms with Gasteiger partial charge in [0, 0.05) is 16.7 Å². The van der Waals surface area contributed by atoms with E-state index in [0.29, 0.717) is 16.6 Å². The Morgan fingerprint density at radius 3 is 2.16 bits per heavy atom. The fourth-order valence-electron chi connectivity index (χ4n) is 1.73. The normalized spacial score (nSPS) is 11.5. The highest BCUT2D eigenvalue weighted by Gasteiger charge is 2.34. The standard InChI is InChI=1S/C12H16BrF3N2.ClH/c1-3-18(4-2)7-8-5-9(13)6-10(11(8)17)12(14,15)16;/h5-6H,3-4,7,17H2,1-2H3;1H. The molecule has 0 amide bonds. The molecule has 2 nitrogen and oxygen atoms in total. The second kappa shape index (κ2) is 7.36. The van der Waals surface area contributed by atoms with Crippen LogP contribution < -0.4 is 5.73 Å². The summed E-state index contributed by atoms with van der Waals surface area (Å²) in [6.45, 7) is 5.87. The van der Waals surface area contributed by atoms with Gasteiger partial charge in [-0.05, 0) is 30.8 Å². The summed E-state index contributed by atoms with van der Waals surface area (Å²) in [6.07, 6.45) is -4.42. The molecule has 0 saturated heterocycles. The molecule has 0 saturated carbocycles. The van der Waals surface area contributed by atoms with Crippen molar-refractivity contribution in [1.29, 1.82) is 0 Å². The van der Waals surface area contributed by atoms with E-state index < -0.39 is 11.7 Å². The van der Waals surface area contributed by atoms with Gasteiger partial charge in [-0.15, -0.1) is 12.4 Å². The topological polar surface area (TPSA) is 29.3 Å². The van der Waals surface area contributed by atoms with Gasteiger partial charge in [0.1, 0.15) is 0 Å². The number of anilines is 1. The average molecular weight is 362 g/mol. The van der Waals surface area contributed by atoms with Crippen LogP contribution in [0.15, 0.2) is 16.6 Å². The Morgan fingerprint density at radius 2 is 1.74 bits per heavy atom. The van der Waals surface area contributed by atoms with E-state index in [9.17, 15) is 13.2 Å². The van der Waals surface area contributed by atoms with E-state index in [4.69, 9.17) is 5.73 Å². The fourth-order valence-corrected chi connectivity index (χ4v) is 2.23. The van der Waals surface area contributed by atoms with Crippen molar-refractivity contribution in [2.45, 2.75) is 26.6 Å². The fraction of sp³-hybridized carbons (Fsp3) is 0.500. The maximum absolute atomic E-state index is 12.8. The average Bonchev–Trinajstić information content (AvgIpc) is 2.28. The van der Waals surface area contributed by atoms with Crippen molar-refractivity contribution in [2.24, 2.45) is 0 Å². The lowest BCUT2D eigenvalue weighted by Gasteiger charge is -2.21. The minimum atomic E-state index is -4.42. The van der Waals surface area contributed by atoms with Crippen LogP contribution in [0, 0.1) is 0 Å². The van der Waals surface area contributed by atoms with Gasteiger partial charge < -0.3 is 5.73 Å². The summed E-state index contributed by atoms with van der Waals surface area (Å²) in [6, 6.07) is 2.66. The van der Waals surface area contributed by atoms with E-state index in [1.54, 1.807) is 6.07 Å². The second-order valence-corrected chi connectivity index (χ2v) is 4.90. The van der Waals surface area contributed by atoms with E-state index in [1.807, 2.05) is 18.7 Å². The van der Waals surface area contributed by atoms with Gasteiger partial charge in [0.25, 0.3) is 0 Å². The molecule has 0 aliphatic carbocycles. The molecule has 0 aliphatic heterocycles. The summed E-state index contributed by atoms with van der Waals surface area (Å²) in [5.41, 5.74) is 5.17. The number of nitrogens with zero attached hydrogens (tertiary/aromatic N) is 1. The van der Waals surface area contributed by atoms with Crippen LogP contribution in [-0.4, -0.2) is 18.0 Å². The van der Waals surface area contributed by atoms with Crippen molar-refractivity contribution in [3.63, 3.8) is 0 Å². The predicted molar refractivity (Wildman–Crippen MR) is 77.4 cm³/mol. The van der Waals surface area contributed by atoms with Crippen molar-refractivity contribution >= 4 is 34.0 Å². The van der Waals surface area contributed by atoms with Crippen LogP contribution in [-0.2, 0) is 12.7 Å². The highest BCUT2D eigenvalue weighted by atomic mass is 79.9. The van der Waals surface area contributed by atoms with Crippen LogP contribution in [0.2, 0.25) is 0 Å². The first-order valence-corrected chi connectivity index (χ1v) is 6.46. The molecule has 0 radical (unpaired) electrons. The van der Waals surface area contributed by atoms with Crippen molar-refractivity contribution < 1.29 is 13.2 Å². The van der Waals surface area contributed by atoms with Gasteiger partial charge in [0.15, 0.2) is 0 Å². The lowest BCUT2D eigenvalue weighted by molar-refractivity contribution is -0.137. The molecular formula is C12H17BrClF3N2. The summed E-state index contributed by atoms with van der Waals surface area (Å²) in [7, 11) is 0. The van der Waals surface area contributed by atoms with E-state index in [1.165, 1.54) is 0 Å². The van der Waals surface area contributed by atoms with Gasteiger partial charge in [-0.25, -0.2) is 0 Å². The highest BCUT2D eigenvalue weighted by molar-refractivity contribution is 9.10. The van der Waals surface area contributed by atoms with Crippen LogP contribution in [0.3, 0.4) is 0 Å². The van der Waals surface area contributed by atoms with Gasteiger partial charge in [0.2, 0.25) is 0 Å². The molecule has 0 unspecified atom stereocenters. The van der Waals surface area contributed by atoms with Crippen molar-refractivity contribution in [1.82, 2.24) is 4.90 Å². The summed E-state index contributed by atoms with van der Waals surface area (Å²) in [5, 5.41) is 0. The zero-order valence-corrected chi connectivity index (χ0v) is 13.1. The third-order valence-corrected chi connectivity index (χ3v) is 3.28. The molecule has 1 rings (SSSR count). The first-order valence-electron chi connectivity index (χ1n) is 5.67. The number of hydrogen-bond donors (Lipinski definition) is 1. The van der Waals surface area contributed by atoms with Crippen molar-refractivity contribution in [2.75, 3.05) is 18.8 Å². The van der Waals surface area contributed by atoms with Crippen LogP contribution in [0.25, 0.3) is 0 Å². The first kappa shape index (κ1) is 18.5. The molecule has 1 aromatic carbocycles. The van der Waals surface area contributed by atoms with E-state index in [2.05, 4.69) is 15.9 Å². The van der Waals surface area contributed by atoms with Crippen molar-refractivity contribution in [3.8, 4) is 0 Å². The first-order chi connectivity index (χ1) is 8.29. The zero-order valence-electron chi connectivity index (χ0n) is 10.7. The van der Waals surface area contributed by atoms with E-state index in [0.717, 1.165) is 19.2 Å². The molecule has 0 fully saturated rings. The SMILES string of the molecule is CCN(CC)Cc1cc(Br)cc(C(F)(F)F)c1N.Cl. The Hall–Kier alpha value is -0.460. The number of benzene rings is 1. The van der Waals surface area contributed by atoms with Gasteiger partial charge in [-0.2, -0.15) is 13.2 Å². The Morgan fingerprint density at radius 1 is 1.21 bits per heavy atom. The van der Waals surface area contributed by atoms with E-state index >= 15 is 0 Å². The second-order valence-electron chi connectivity index (χ2n) is 3.99. The number of nitrogens with two attached hydrogens (primary N) is 1. The third-order valence-electron chi connectivity index (χ3n) is 2.82. The molecule has 0 bridgehead atoms. The van der Waals surface area contributed by atoms with Gasteiger partial charge in [0.05, 0.1) is 5.56 Å². The largest absolute Gasteiger partial charge is 0.418 e. The van der Waals surface area contributed by atoms with Gasteiger partial charge >= 0.3 is 6.18 Å². The van der Waals surface area contributed by atoms with Crippen molar-refractivity contribution in [3.05, 3.63) is 27.7 Å². The lowest BCUT2D eigenvalue weighted by atomic mass is 10.1. The Kier molecular flexibility index (Phi) is 7.18. The molecular weight excluding hydrogens is 344 g/mol. The monoisotopic (exact) mass is 360 g/mol. The molecule has 0 atom stereocenters. The molecule has 7 heteroatoms. The quantitative estimate of drug-likeness (QED) is 0.810. The Balaban J connectivity index is 0.00000324. The van der Waals surface area contributed by atoms with Crippen LogP contribution in [0.5, 0.6) is 0 Å². The zero-order chi connectivity index (χ0) is 13.9. The summed E-state index contributed by atoms with van der Waals surface area (Å²) in [4.78, 5) is 2.01. The number of alkyl halides is 3. The minimum absolute atomic E-state index is 0. The van der Waals surface area contributed by atoms with Crippen LogP contribution >= 0.6 is 28.3 Å². The third kappa shape index (κ3) is 4.85.